The van der Waals surface area contributed by atoms with E-state index in [9.17, 15) is 9.59 Å². The van der Waals surface area contributed by atoms with E-state index in [1.807, 2.05) is 36.1 Å². The average Bonchev–Trinajstić information content (AvgIpc) is 3.01. The third-order valence-corrected chi connectivity index (χ3v) is 6.29. The SMILES string of the molecule is Cc1ccc2c(CC(=O)N3CCOc4ccc(CN5CCOCC5)cc4C3)cc(=O)oc2c1. The molecule has 3 aromatic rings. The maximum atomic E-state index is 13.3. The molecule has 0 saturated carbocycles. The fraction of sp³-hybridized carbons (Fsp3) is 0.385. The molecule has 0 aliphatic carbocycles. The van der Waals surface area contributed by atoms with E-state index in [4.69, 9.17) is 13.9 Å². The first-order chi connectivity index (χ1) is 16.0. The van der Waals surface area contributed by atoms with Crippen LogP contribution in [0.1, 0.15) is 22.3 Å². The van der Waals surface area contributed by atoms with Gasteiger partial charge in [-0.25, -0.2) is 4.79 Å². The van der Waals surface area contributed by atoms with E-state index in [-0.39, 0.29) is 12.3 Å². The van der Waals surface area contributed by atoms with Gasteiger partial charge >= 0.3 is 5.63 Å². The zero-order valence-electron chi connectivity index (χ0n) is 18.8. The molecule has 1 aromatic heterocycles. The summed E-state index contributed by atoms with van der Waals surface area (Å²) in [6.07, 6.45) is 0.147. The van der Waals surface area contributed by atoms with E-state index in [1.165, 1.54) is 11.6 Å². The molecule has 0 bridgehead atoms. The van der Waals surface area contributed by atoms with Crippen LogP contribution in [0.4, 0.5) is 0 Å². The lowest BCUT2D eigenvalue weighted by molar-refractivity contribution is -0.131. The third kappa shape index (κ3) is 4.94. The quantitative estimate of drug-likeness (QED) is 0.572. The third-order valence-electron chi connectivity index (χ3n) is 6.29. The van der Waals surface area contributed by atoms with Crippen molar-refractivity contribution >= 4 is 16.9 Å². The number of carbonyl (C=O) groups is 1. The number of hydrogen-bond donors (Lipinski definition) is 0. The number of amides is 1. The fourth-order valence-electron chi connectivity index (χ4n) is 4.53. The van der Waals surface area contributed by atoms with Crippen LogP contribution < -0.4 is 10.4 Å². The Labute approximate surface area is 192 Å². The second-order valence-electron chi connectivity index (χ2n) is 8.76. The molecule has 33 heavy (non-hydrogen) atoms. The van der Waals surface area contributed by atoms with Crippen molar-refractivity contribution in [3.63, 3.8) is 0 Å². The molecule has 0 spiro atoms. The van der Waals surface area contributed by atoms with Gasteiger partial charge < -0.3 is 18.8 Å². The lowest BCUT2D eigenvalue weighted by Gasteiger charge is -2.27. The molecule has 3 heterocycles. The molecule has 1 saturated heterocycles. The molecule has 5 rings (SSSR count). The molecule has 0 radical (unpaired) electrons. The van der Waals surface area contributed by atoms with E-state index in [1.54, 1.807) is 0 Å². The highest BCUT2D eigenvalue weighted by Crippen LogP contribution is 2.26. The number of benzene rings is 2. The van der Waals surface area contributed by atoms with Crippen molar-refractivity contribution in [1.29, 1.82) is 0 Å². The number of aryl methyl sites for hydroxylation is 1. The summed E-state index contributed by atoms with van der Waals surface area (Å²) >= 11 is 0. The largest absolute Gasteiger partial charge is 0.491 e. The lowest BCUT2D eigenvalue weighted by Crippen LogP contribution is -2.35. The van der Waals surface area contributed by atoms with Gasteiger partial charge in [0.05, 0.1) is 26.2 Å². The topological polar surface area (TPSA) is 72.2 Å². The molecule has 2 aliphatic heterocycles. The predicted octanol–water partition coefficient (Wildman–Crippen LogP) is 2.90. The lowest BCUT2D eigenvalue weighted by atomic mass is 10.0. The summed E-state index contributed by atoms with van der Waals surface area (Å²) in [6.45, 7) is 7.63. The van der Waals surface area contributed by atoms with Crippen LogP contribution in [-0.4, -0.2) is 55.2 Å². The summed E-state index contributed by atoms with van der Waals surface area (Å²) in [5.74, 6) is 0.801. The predicted molar refractivity (Wildman–Crippen MR) is 124 cm³/mol. The number of rotatable bonds is 4. The highest BCUT2D eigenvalue weighted by molar-refractivity contribution is 5.87. The second-order valence-corrected chi connectivity index (χ2v) is 8.76. The van der Waals surface area contributed by atoms with Crippen LogP contribution in [0.2, 0.25) is 0 Å². The van der Waals surface area contributed by atoms with Gasteiger partial charge in [0.15, 0.2) is 0 Å². The first kappa shape index (κ1) is 21.7. The minimum atomic E-state index is -0.437. The Morgan fingerprint density at radius 2 is 1.85 bits per heavy atom. The minimum Gasteiger partial charge on any atom is -0.491 e. The Hall–Kier alpha value is -3.16. The van der Waals surface area contributed by atoms with Gasteiger partial charge in [-0.2, -0.15) is 0 Å². The first-order valence-electron chi connectivity index (χ1n) is 11.4. The van der Waals surface area contributed by atoms with Gasteiger partial charge in [0.1, 0.15) is 17.9 Å². The van der Waals surface area contributed by atoms with Gasteiger partial charge in [-0.15, -0.1) is 0 Å². The maximum Gasteiger partial charge on any atom is 0.336 e. The number of carbonyl (C=O) groups excluding carboxylic acids is 1. The molecule has 7 heteroatoms. The molecule has 2 aliphatic rings. The molecule has 0 unspecified atom stereocenters. The number of hydrogen-bond acceptors (Lipinski definition) is 6. The Kier molecular flexibility index (Phi) is 6.15. The first-order valence-corrected chi connectivity index (χ1v) is 11.4. The number of morpholine rings is 1. The summed E-state index contributed by atoms with van der Waals surface area (Å²) in [6, 6.07) is 13.4. The normalized spacial score (nSPS) is 16.8. The Morgan fingerprint density at radius 3 is 2.70 bits per heavy atom. The summed E-state index contributed by atoms with van der Waals surface area (Å²) < 4.78 is 16.7. The van der Waals surface area contributed by atoms with E-state index in [0.29, 0.717) is 30.8 Å². The fourth-order valence-corrected chi connectivity index (χ4v) is 4.53. The van der Waals surface area contributed by atoms with Crippen LogP contribution in [0, 0.1) is 6.92 Å². The summed E-state index contributed by atoms with van der Waals surface area (Å²) in [7, 11) is 0. The maximum absolute atomic E-state index is 13.3. The van der Waals surface area contributed by atoms with Crippen molar-refractivity contribution in [3.8, 4) is 5.75 Å². The van der Waals surface area contributed by atoms with Crippen LogP contribution in [-0.2, 0) is 29.0 Å². The summed E-state index contributed by atoms with van der Waals surface area (Å²) in [5, 5.41) is 0.799. The van der Waals surface area contributed by atoms with Gasteiger partial charge in [-0.1, -0.05) is 18.2 Å². The number of nitrogens with zero attached hydrogens (tertiary/aromatic N) is 2. The van der Waals surface area contributed by atoms with Gasteiger partial charge in [0.25, 0.3) is 0 Å². The van der Waals surface area contributed by atoms with Crippen molar-refractivity contribution in [1.82, 2.24) is 9.80 Å². The highest BCUT2D eigenvalue weighted by atomic mass is 16.5. The summed E-state index contributed by atoms with van der Waals surface area (Å²) in [5.41, 5.74) is 3.99. The van der Waals surface area contributed by atoms with Crippen LogP contribution in [0.15, 0.2) is 51.7 Å². The second kappa shape index (κ2) is 9.37. The van der Waals surface area contributed by atoms with E-state index in [0.717, 1.165) is 55.1 Å². The van der Waals surface area contributed by atoms with Crippen molar-refractivity contribution < 1.29 is 18.7 Å². The van der Waals surface area contributed by atoms with Crippen molar-refractivity contribution in [2.45, 2.75) is 26.4 Å². The van der Waals surface area contributed by atoms with E-state index in [2.05, 4.69) is 17.0 Å². The molecule has 2 aromatic carbocycles. The van der Waals surface area contributed by atoms with Crippen LogP contribution >= 0.6 is 0 Å². The van der Waals surface area contributed by atoms with Gasteiger partial charge in [-0.3, -0.25) is 9.69 Å². The molecule has 1 fully saturated rings. The average molecular weight is 449 g/mol. The molecular formula is C26H28N2O5. The van der Waals surface area contributed by atoms with Crippen LogP contribution in [0.3, 0.4) is 0 Å². The van der Waals surface area contributed by atoms with Crippen molar-refractivity contribution in [2.75, 3.05) is 39.5 Å². The Bertz CT molecular complexity index is 1230. The van der Waals surface area contributed by atoms with Crippen LogP contribution in [0.25, 0.3) is 11.0 Å². The molecule has 1 amide bonds. The molecule has 7 nitrogen and oxygen atoms in total. The molecule has 0 N–H and O–H groups in total. The Morgan fingerprint density at radius 1 is 1.00 bits per heavy atom. The van der Waals surface area contributed by atoms with E-state index < -0.39 is 5.63 Å². The Balaban J connectivity index is 1.34. The van der Waals surface area contributed by atoms with E-state index >= 15 is 0 Å². The standard InChI is InChI=1S/C26H28N2O5/c1-18-2-4-22-20(15-26(30)33-24(22)12-18)14-25(29)28-8-11-32-23-5-3-19(13-21(23)17-28)16-27-6-9-31-10-7-27/h2-5,12-13,15H,6-11,14,16-17H2,1H3. The summed E-state index contributed by atoms with van der Waals surface area (Å²) in [4.78, 5) is 29.5. The molecular weight excluding hydrogens is 420 g/mol. The minimum absolute atomic E-state index is 0.0301. The van der Waals surface area contributed by atoms with Crippen molar-refractivity contribution in [3.05, 3.63) is 75.1 Å². The van der Waals surface area contributed by atoms with Crippen LogP contribution in [0.5, 0.6) is 5.75 Å². The highest BCUT2D eigenvalue weighted by Gasteiger charge is 2.22. The van der Waals surface area contributed by atoms with Gasteiger partial charge in [0, 0.05) is 43.2 Å². The molecule has 172 valence electrons. The number of fused-ring (bicyclic) bond motifs is 2. The zero-order valence-corrected chi connectivity index (χ0v) is 18.8. The molecule has 0 atom stereocenters. The number of ether oxygens (including phenoxy) is 2. The van der Waals surface area contributed by atoms with Gasteiger partial charge in [0.2, 0.25) is 5.91 Å². The van der Waals surface area contributed by atoms with Crippen molar-refractivity contribution in [2.24, 2.45) is 0 Å². The monoisotopic (exact) mass is 448 g/mol. The van der Waals surface area contributed by atoms with Gasteiger partial charge in [-0.05, 0) is 41.8 Å². The zero-order chi connectivity index (χ0) is 22.8. The smallest absolute Gasteiger partial charge is 0.336 e.